The molecule has 1 N–H and O–H groups in total. The summed E-state index contributed by atoms with van der Waals surface area (Å²) in [6.45, 7) is 2.35. The number of hydrogen-bond donors (Lipinski definition) is 1. The molecule has 0 atom stereocenters. The molecule has 4 rings (SSSR count). The number of benzene rings is 3. The molecule has 0 saturated carbocycles. The van der Waals surface area contributed by atoms with Crippen LogP contribution in [-0.2, 0) is 0 Å². The van der Waals surface area contributed by atoms with Crippen molar-refractivity contribution < 1.29 is 9.53 Å². The first-order chi connectivity index (χ1) is 13.1. The lowest BCUT2D eigenvalue weighted by molar-refractivity contribution is 0.102. The van der Waals surface area contributed by atoms with E-state index in [1.807, 2.05) is 49.4 Å². The van der Waals surface area contributed by atoms with E-state index >= 15 is 0 Å². The zero-order chi connectivity index (χ0) is 19.0. The van der Waals surface area contributed by atoms with Crippen LogP contribution in [0, 0.1) is 0 Å². The lowest BCUT2D eigenvalue weighted by atomic mass is 10.0. The van der Waals surface area contributed by atoms with Crippen molar-refractivity contribution in [2.75, 3.05) is 11.9 Å². The minimum absolute atomic E-state index is 0.281. The molecule has 0 bridgehead atoms. The van der Waals surface area contributed by atoms with Crippen LogP contribution in [0.1, 0.15) is 17.3 Å². The van der Waals surface area contributed by atoms with Gasteiger partial charge in [-0.1, -0.05) is 64.9 Å². The van der Waals surface area contributed by atoms with Gasteiger partial charge in [0.05, 0.1) is 26.9 Å². The van der Waals surface area contributed by atoms with Crippen molar-refractivity contribution in [3.8, 4) is 5.75 Å². The highest BCUT2D eigenvalue weighted by molar-refractivity contribution is 7.22. The molecular formula is C20H14Cl2N2O2S. The maximum absolute atomic E-state index is 13.1. The number of nitrogens with zero attached hydrogens (tertiary/aromatic N) is 1. The maximum Gasteiger partial charge on any atom is 0.261 e. The van der Waals surface area contributed by atoms with Crippen LogP contribution >= 0.6 is 34.5 Å². The molecule has 4 aromatic rings. The molecule has 0 aliphatic heterocycles. The molecule has 136 valence electrons. The number of carbonyl (C=O) groups is 1. The Kier molecular flexibility index (Phi) is 4.91. The second-order valence-electron chi connectivity index (χ2n) is 5.77. The fraction of sp³-hybridized carbons (Fsp3) is 0.100. The minimum atomic E-state index is -0.281. The molecule has 1 aromatic heterocycles. The van der Waals surface area contributed by atoms with Gasteiger partial charge in [-0.3, -0.25) is 10.1 Å². The van der Waals surface area contributed by atoms with Gasteiger partial charge in [0.25, 0.3) is 5.91 Å². The first kappa shape index (κ1) is 18.0. The fourth-order valence-electron chi connectivity index (χ4n) is 2.91. The molecular weight excluding hydrogens is 403 g/mol. The number of anilines is 1. The second-order valence-corrected chi connectivity index (χ2v) is 7.59. The molecule has 4 nitrogen and oxygen atoms in total. The predicted octanol–water partition coefficient (Wildman–Crippen LogP) is 6.41. The van der Waals surface area contributed by atoms with Crippen LogP contribution in [0.3, 0.4) is 0 Å². The van der Waals surface area contributed by atoms with Crippen molar-refractivity contribution in [3.63, 3.8) is 0 Å². The summed E-state index contributed by atoms with van der Waals surface area (Å²) in [5.74, 6) is 0.257. The van der Waals surface area contributed by atoms with Gasteiger partial charge < -0.3 is 4.74 Å². The normalized spacial score (nSPS) is 11.1. The first-order valence-corrected chi connectivity index (χ1v) is 9.86. The molecule has 0 unspecified atom stereocenters. The van der Waals surface area contributed by atoms with E-state index < -0.39 is 0 Å². The summed E-state index contributed by atoms with van der Waals surface area (Å²) in [5.41, 5.74) is 1.06. The monoisotopic (exact) mass is 416 g/mol. The predicted molar refractivity (Wildman–Crippen MR) is 113 cm³/mol. The van der Waals surface area contributed by atoms with Gasteiger partial charge in [-0.05, 0) is 35.9 Å². The Morgan fingerprint density at radius 3 is 2.78 bits per heavy atom. The summed E-state index contributed by atoms with van der Waals surface area (Å²) in [6.07, 6.45) is 0. The number of carbonyl (C=O) groups excluding carboxylic acids is 1. The molecule has 0 fully saturated rings. The SMILES string of the molecule is CCOc1ccc2ccccc2c1C(=O)Nc1nc2c(Cl)c(Cl)ccc2s1. The molecule has 0 saturated heterocycles. The zero-order valence-corrected chi connectivity index (χ0v) is 16.6. The summed E-state index contributed by atoms with van der Waals surface area (Å²) >= 11 is 13.6. The highest BCUT2D eigenvalue weighted by Crippen LogP contribution is 2.36. The van der Waals surface area contributed by atoms with Crippen LogP contribution in [0.5, 0.6) is 5.75 Å². The van der Waals surface area contributed by atoms with Gasteiger partial charge in [0.1, 0.15) is 11.3 Å². The Morgan fingerprint density at radius 1 is 1.15 bits per heavy atom. The molecule has 1 amide bonds. The van der Waals surface area contributed by atoms with Crippen LogP contribution in [0.2, 0.25) is 10.0 Å². The number of halogens is 2. The minimum Gasteiger partial charge on any atom is -0.493 e. The number of nitrogens with one attached hydrogen (secondary N) is 1. The third kappa shape index (κ3) is 3.34. The van der Waals surface area contributed by atoms with Crippen LogP contribution in [0.15, 0.2) is 48.5 Å². The topological polar surface area (TPSA) is 51.2 Å². The standard InChI is InChI=1S/C20H14Cl2N2O2S/c1-2-26-14-9-7-11-5-3-4-6-12(11)16(14)19(25)24-20-23-18-15(27-20)10-8-13(21)17(18)22/h3-10H,2H2,1H3,(H,23,24,25). The van der Waals surface area contributed by atoms with Gasteiger partial charge in [-0.2, -0.15) is 0 Å². The number of aromatic nitrogens is 1. The van der Waals surface area contributed by atoms with Crippen LogP contribution in [-0.4, -0.2) is 17.5 Å². The molecule has 3 aromatic carbocycles. The number of rotatable bonds is 4. The second kappa shape index (κ2) is 7.35. The van der Waals surface area contributed by atoms with Crippen molar-refractivity contribution in [3.05, 3.63) is 64.1 Å². The quantitative estimate of drug-likeness (QED) is 0.418. The Morgan fingerprint density at radius 2 is 1.96 bits per heavy atom. The van der Waals surface area contributed by atoms with E-state index in [1.54, 1.807) is 6.07 Å². The van der Waals surface area contributed by atoms with Crippen molar-refractivity contribution in [1.29, 1.82) is 0 Å². The number of ether oxygens (including phenoxy) is 1. The summed E-state index contributed by atoms with van der Waals surface area (Å²) in [6, 6.07) is 15.0. The largest absolute Gasteiger partial charge is 0.493 e. The van der Waals surface area contributed by atoms with Crippen LogP contribution in [0.25, 0.3) is 21.0 Å². The summed E-state index contributed by atoms with van der Waals surface area (Å²) in [5, 5.41) is 5.92. The fourth-order valence-corrected chi connectivity index (χ4v) is 4.20. The van der Waals surface area contributed by atoms with Crippen molar-refractivity contribution >= 4 is 66.6 Å². The van der Waals surface area contributed by atoms with Gasteiger partial charge in [-0.15, -0.1) is 0 Å². The number of thiazole rings is 1. The average Bonchev–Trinajstić information content (AvgIpc) is 3.08. The van der Waals surface area contributed by atoms with E-state index in [-0.39, 0.29) is 5.91 Å². The summed E-state index contributed by atoms with van der Waals surface area (Å²) in [4.78, 5) is 17.5. The molecule has 7 heteroatoms. The number of amides is 1. The highest BCUT2D eigenvalue weighted by Gasteiger charge is 2.19. The third-order valence-electron chi connectivity index (χ3n) is 4.09. The van der Waals surface area contributed by atoms with Gasteiger partial charge in [0, 0.05) is 0 Å². The van der Waals surface area contributed by atoms with Gasteiger partial charge >= 0.3 is 0 Å². The first-order valence-electron chi connectivity index (χ1n) is 8.29. The molecule has 0 aliphatic rings. The smallest absolute Gasteiger partial charge is 0.261 e. The number of fused-ring (bicyclic) bond motifs is 2. The van der Waals surface area contributed by atoms with E-state index in [0.29, 0.717) is 38.6 Å². The van der Waals surface area contributed by atoms with E-state index in [1.165, 1.54) is 11.3 Å². The Balaban J connectivity index is 1.77. The van der Waals surface area contributed by atoms with E-state index in [9.17, 15) is 4.79 Å². The van der Waals surface area contributed by atoms with Crippen molar-refractivity contribution in [2.45, 2.75) is 6.92 Å². The molecule has 27 heavy (non-hydrogen) atoms. The Bertz CT molecular complexity index is 1170. The zero-order valence-electron chi connectivity index (χ0n) is 14.3. The third-order valence-corrected chi connectivity index (χ3v) is 5.82. The molecule has 0 radical (unpaired) electrons. The summed E-state index contributed by atoms with van der Waals surface area (Å²) in [7, 11) is 0. The average molecular weight is 417 g/mol. The maximum atomic E-state index is 13.1. The van der Waals surface area contributed by atoms with E-state index in [0.717, 1.165) is 15.5 Å². The lowest BCUT2D eigenvalue weighted by Crippen LogP contribution is -2.14. The number of hydrogen-bond acceptors (Lipinski definition) is 4. The van der Waals surface area contributed by atoms with Crippen LogP contribution in [0.4, 0.5) is 5.13 Å². The van der Waals surface area contributed by atoms with Crippen molar-refractivity contribution in [1.82, 2.24) is 4.98 Å². The lowest BCUT2D eigenvalue weighted by Gasteiger charge is -2.12. The van der Waals surface area contributed by atoms with E-state index in [4.69, 9.17) is 27.9 Å². The highest BCUT2D eigenvalue weighted by atomic mass is 35.5. The van der Waals surface area contributed by atoms with E-state index in [2.05, 4.69) is 10.3 Å². The Labute approximate surface area is 169 Å². The van der Waals surface area contributed by atoms with Gasteiger partial charge in [0.15, 0.2) is 5.13 Å². The molecule has 0 aliphatic carbocycles. The van der Waals surface area contributed by atoms with Gasteiger partial charge in [-0.25, -0.2) is 4.98 Å². The molecule has 1 heterocycles. The molecule has 0 spiro atoms. The van der Waals surface area contributed by atoms with Crippen molar-refractivity contribution in [2.24, 2.45) is 0 Å². The summed E-state index contributed by atoms with van der Waals surface area (Å²) < 4.78 is 6.53. The Hall–Kier alpha value is -2.34. The van der Waals surface area contributed by atoms with Gasteiger partial charge in [0.2, 0.25) is 0 Å². The van der Waals surface area contributed by atoms with Crippen LogP contribution < -0.4 is 10.1 Å².